The van der Waals surface area contributed by atoms with Crippen LogP contribution in [0.4, 0.5) is 0 Å². The Balaban J connectivity index is 0.000000610. The standard InChI is InChI=1S/2C21H17O.C5H5.2CH3.Au.2ClH.H2Si.Zr/c2*1-14-8-10-17-12-18(20-11-9-15(2)22-20)13-19(17)21(14)16-6-4-3-5-7-16;1-2-4-5-3-1;;;;;;;/h2*3-13H,1-2H3;1-3H,4H2;2*1H3;;2*1H;1H2;/q;;;;;+2;;;;/p-2. The summed E-state index contributed by atoms with van der Waals surface area (Å²) < 4.78 is 20.3. The molecule has 9 rings (SSSR count). The molecule has 2 atom stereocenters. The molecule has 0 N–H and O–H groups in total. The van der Waals surface area contributed by atoms with Crippen molar-refractivity contribution in [1.82, 2.24) is 0 Å². The molecule has 0 radical (unpaired) electrons. The molecule has 0 saturated heterocycles. The number of hydrogen-bond donors (Lipinski definition) is 0. The molecule has 56 heavy (non-hydrogen) atoms. The molecule has 0 saturated carbocycles. The fraction of sp³-hybridized carbons (Fsp3) is 0.184. The molecule has 4 aromatic carbocycles. The van der Waals surface area contributed by atoms with Crippen LogP contribution in [0, 0.1) is 27.7 Å². The third-order valence-corrected chi connectivity index (χ3v) is 29.6. The van der Waals surface area contributed by atoms with Gasteiger partial charge in [0.2, 0.25) is 0 Å². The van der Waals surface area contributed by atoms with Crippen molar-refractivity contribution in [2.45, 2.75) is 50.6 Å². The Morgan fingerprint density at radius 3 is 1.34 bits per heavy atom. The summed E-state index contributed by atoms with van der Waals surface area (Å²) in [6.45, 7) is 11.0. The molecule has 2 unspecified atom stereocenters. The summed E-state index contributed by atoms with van der Waals surface area (Å²) in [5, 5.41) is 0. The van der Waals surface area contributed by atoms with Gasteiger partial charge in [0.05, 0.1) is 0 Å². The minimum Gasteiger partial charge on any atom is -1.00 e. The van der Waals surface area contributed by atoms with Crippen molar-refractivity contribution in [3.05, 3.63) is 188 Å². The van der Waals surface area contributed by atoms with E-state index in [9.17, 15) is 0 Å². The monoisotopic (exact) mass is 1050 g/mol. The molecule has 3 aliphatic carbocycles. The van der Waals surface area contributed by atoms with Crippen molar-refractivity contribution in [2.24, 2.45) is 0 Å². The van der Waals surface area contributed by atoms with Crippen LogP contribution in [-0.4, -0.2) is 6.88 Å². The average molecular weight is 1060 g/mol. The Bertz CT molecular complexity index is 2460. The maximum atomic E-state index is 6.52. The minimum atomic E-state index is -4.11. The van der Waals surface area contributed by atoms with Gasteiger partial charge < -0.3 is 24.8 Å². The number of rotatable bonds is 6. The van der Waals surface area contributed by atoms with Crippen molar-refractivity contribution in [3.8, 4) is 22.3 Å². The van der Waals surface area contributed by atoms with Crippen molar-refractivity contribution in [2.75, 3.05) is 0 Å². The predicted molar refractivity (Wildman–Crippen MR) is 223 cm³/mol. The largest absolute Gasteiger partial charge is 1.00 e. The van der Waals surface area contributed by atoms with Crippen molar-refractivity contribution < 1.29 is 72.1 Å². The summed E-state index contributed by atoms with van der Waals surface area (Å²) >= 11 is -1.62. The summed E-state index contributed by atoms with van der Waals surface area (Å²) in [6.07, 6.45) is 12.4. The second kappa shape index (κ2) is 16.6. The van der Waals surface area contributed by atoms with Crippen LogP contribution in [-0.2, 0) is 38.5 Å². The zero-order valence-corrected chi connectivity index (χ0v) is 40.3. The van der Waals surface area contributed by atoms with Crippen LogP contribution in [0.15, 0.2) is 140 Å². The molecule has 2 nitrogen and oxygen atoms in total. The van der Waals surface area contributed by atoms with Crippen molar-refractivity contribution >= 4 is 30.2 Å². The van der Waals surface area contributed by atoms with Crippen molar-refractivity contribution in [1.29, 1.82) is 0 Å². The average Bonchev–Trinajstić information content (AvgIpc) is 4.00. The molecule has 0 bridgehead atoms. The van der Waals surface area contributed by atoms with E-state index in [0.29, 0.717) is 0 Å². The molecule has 3 aliphatic rings. The predicted octanol–water partition coefficient (Wildman–Crippen LogP) is 7.05. The Labute approximate surface area is 359 Å². The van der Waals surface area contributed by atoms with Crippen LogP contribution in [0.25, 0.3) is 45.6 Å². The third-order valence-electron chi connectivity index (χ3n) is 11.6. The number of fused-ring (bicyclic) bond motifs is 2. The molecule has 0 aliphatic heterocycles. The second-order valence-corrected chi connectivity index (χ2v) is 48.1. The van der Waals surface area contributed by atoms with Gasteiger partial charge in [-0.3, -0.25) is 0 Å². The topological polar surface area (TPSA) is 26.3 Å². The molecule has 288 valence electrons. The molecule has 7 heteroatoms. The summed E-state index contributed by atoms with van der Waals surface area (Å²) in [4.78, 5) is 0. The van der Waals surface area contributed by atoms with Crippen LogP contribution in [0.3, 0.4) is 0 Å². The van der Waals surface area contributed by atoms with E-state index in [2.05, 4.69) is 204 Å². The van der Waals surface area contributed by atoms with Crippen LogP contribution in [0.5, 0.6) is 0 Å². The van der Waals surface area contributed by atoms with Gasteiger partial charge in [-0.05, 0) is 0 Å². The second-order valence-electron chi connectivity index (χ2n) is 16.3. The number of furan rings is 2. The summed E-state index contributed by atoms with van der Waals surface area (Å²) in [5.74, 6) is 3.88. The normalized spacial score (nSPS) is 16.8. The molecular formula is C49H47AuCl2O2SiZr. The fourth-order valence-electron chi connectivity index (χ4n) is 9.31. The SMILES string of the molecule is Cc1ccc(C2=Cc3c(ccc(C)c3-c3ccccc3)[CH]2[Zr]([CH3])([CH3])(=[SiH2])[CH]2C(c3ccc(C)o3)=Cc3c2ccc(C)c3-c2ccccc2)o1.[Au+2][C]1=CC=CC1.[Cl-].[Cl-]. The van der Waals surface area contributed by atoms with E-state index >= 15 is 0 Å². The molecular weight excluding hydrogens is 1010 g/mol. The number of allylic oxidation sites excluding steroid dienone is 6. The van der Waals surface area contributed by atoms with Crippen LogP contribution >= 0.6 is 0 Å². The van der Waals surface area contributed by atoms with Gasteiger partial charge in [0.15, 0.2) is 0 Å². The van der Waals surface area contributed by atoms with Crippen LogP contribution in [0.2, 0.25) is 9.26 Å². The minimum absolute atomic E-state index is 0. The number of hydrogen-bond acceptors (Lipinski definition) is 2. The van der Waals surface area contributed by atoms with E-state index in [4.69, 9.17) is 8.83 Å². The first kappa shape index (κ1) is 42.4. The first-order chi connectivity index (χ1) is 25.9. The maximum absolute atomic E-state index is 6.52. The third kappa shape index (κ3) is 7.72. The first-order valence-electron chi connectivity index (χ1n) is 18.9. The van der Waals surface area contributed by atoms with E-state index in [-0.39, 0.29) is 32.1 Å². The first-order valence-corrected chi connectivity index (χ1v) is 33.6. The number of halogens is 2. The van der Waals surface area contributed by atoms with E-state index in [1.807, 2.05) is 0 Å². The van der Waals surface area contributed by atoms with Gasteiger partial charge in [0.1, 0.15) is 0 Å². The zero-order chi connectivity index (χ0) is 37.8. The van der Waals surface area contributed by atoms with E-state index in [1.165, 1.54) is 70.6 Å². The van der Waals surface area contributed by atoms with Gasteiger partial charge in [-0.25, -0.2) is 0 Å². The van der Waals surface area contributed by atoms with Gasteiger partial charge in [-0.15, -0.1) is 0 Å². The molecule has 2 heterocycles. The quantitative estimate of drug-likeness (QED) is 0.168. The molecule has 6 aromatic rings. The van der Waals surface area contributed by atoms with Gasteiger partial charge in [-0.1, -0.05) is 0 Å². The Morgan fingerprint density at radius 1 is 0.589 bits per heavy atom. The van der Waals surface area contributed by atoms with E-state index < -0.39 is 17.4 Å². The summed E-state index contributed by atoms with van der Waals surface area (Å²) in [5.41, 5.74) is 16.0. The maximum Gasteiger partial charge on any atom is -1.00 e. The van der Waals surface area contributed by atoms with Gasteiger partial charge in [-0.2, -0.15) is 0 Å². The smallest absolute Gasteiger partial charge is 1.00 e. The van der Waals surface area contributed by atoms with E-state index in [1.54, 1.807) is 0 Å². The Kier molecular flexibility index (Phi) is 12.6. The zero-order valence-electron chi connectivity index (χ0n) is 32.7. The molecule has 0 fully saturated rings. The summed E-state index contributed by atoms with van der Waals surface area (Å²) in [7, 11) is 0. The molecule has 2 aromatic heterocycles. The van der Waals surface area contributed by atoms with Crippen LogP contribution in [0.1, 0.15) is 70.1 Å². The van der Waals surface area contributed by atoms with Gasteiger partial charge in [0, 0.05) is 0 Å². The van der Waals surface area contributed by atoms with Crippen molar-refractivity contribution in [3.63, 3.8) is 0 Å². The number of benzene rings is 4. The summed E-state index contributed by atoms with van der Waals surface area (Å²) in [6, 6.07) is 40.0. The molecule has 0 spiro atoms. The Morgan fingerprint density at radius 2 is 1.02 bits per heavy atom. The van der Waals surface area contributed by atoms with Gasteiger partial charge >= 0.3 is 338 Å². The number of aryl methyl sites for hydroxylation is 4. The fourth-order valence-corrected chi connectivity index (χ4v) is 28.2. The Hall–Kier alpha value is -3.18. The molecule has 0 amide bonds. The van der Waals surface area contributed by atoms with Crippen LogP contribution < -0.4 is 24.8 Å². The van der Waals surface area contributed by atoms with Gasteiger partial charge in [0.25, 0.3) is 0 Å². The van der Waals surface area contributed by atoms with E-state index in [0.717, 1.165) is 29.5 Å².